The topological polar surface area (TPSA) is 12.0 Å². The first-order valence-corrected chi connectivity index (χ1v) is 7.28. The van der Waals surface area contributed by atoms with Gasteiger partial charge in [-0.3, -0.25) is 0 Å². The van der Waals surface area contributed by atoms with Crippen LogP contribution < -0.4 is 5.32 Å². The number of anilines is 1. The Kier molecular flexibility index (Phi) is 4.60. The summed E-state index contributed by atoms with van der Waals surface area (Å²) in [6.45, 7) is 1.80. The predicted molar refractivity (Wildman–Crippen MR) is 76.6 cm³/mol. The van der Waals surface area contributed by atoms with Gasteiger partial charge in [-0.05, 0) is 30.9 Å². The van der Waals surface area contributed by atoms with Gasteiger partial charge in [0.1, 0.15) is 5.82 Å². The lowest BCUT2D eigenvalue weighted by Crippen LogP contribution is -2.09. The molecule has 1 unspecified atom stereocenters. The van der Waals surface area contributed by atoms with Gasteiger partial charge in [0, 0.05) is 23.1 Å². The van der Waals surface area contributed by atoms with E-state index in [1.807, 2.05) is 30.5 Å². The average Bonchev–Trinajstić information content (AvgIpc) is 2.44. The van der Waals surface area contributed by atoms with Gasteiger partial charge in [-0.25, -0.2) is 13.2 Å². The molecule has 2 aromatic rings. The molecule has 1 N–H and O–H groups in total. The maximum Gasteiger partial charge on any atom is 0.182 e. The summed E-state index contributed by atoms with van der Waals surface area (Å²) in [5.74, 6) is -3.08. The Morgan fingerprint density at radius 3 is 2.30 bits per heavy atom. The van der Waals surface area contributed by atoms with Crippen LogP contribution in [0.4, 0.5) is 18.9 Å². The Morgan fingerprint density at radius 2 is 1.70 bits per heavy atom. The van der Waals surface area contributed by atoms with Gasteiger partial charge in [-0.1, -0.05) is 12.1 Å². The summed E-state index contributed by atoms with van der Waals surface area (Å²) < 4.78 is 39.8. The van der Waals surface area contributed by atoms with Gasteiger partial charge in [-0.2, -0.15) is 0 Å². The van der Waals surface area contributed by atoms with Crippen molar-refractivity contribution >= 4 is 17.4 Å². The van der Waals surface area contributed by atoms with Crippen molar-refractivity contribution in [2.75, 3.05) is 11.6 Å². The second-order valence-electron chi connectivity index (χ2n) is 4.39. The van der Waals surface area contributed by atoms with E-state index in [0.717, 1.165) is 16.5 Å². The molecule has 1 atom stereocenters. The molecular weight excluding hydrogens is 283 g/mol. The van der Waals surface area contributed by atoms with E-state index in [1.54, 1.807) is 18.7 Å². The summed E-state index contributed by atoms with van der Waals surface area (Å²) in [5, 5.41) is 2.78. The predicted octanol–water partition coefficient (Wildman–Crippen LogP) is 5.00. The van der Waals surface area contributed by atoms with Crippen molar-refractivity contribution in [1.82, 2.24) is 0 Å². The summed E-state index contributed by atoms with van der Waals surface area (Å²) in [4.78, 5) is 1.11. The van der Waals surface area contributed by atoms with Crippen LogP contribution in [0.15, 0.2) is 41.3 Å². The number of thioether (sulfide) groups is 1. The molecule has 0 aromatic heterocycles. The van der Waals surface area contributed by atoms with Gasteiger partial charge in [0.15, 0.2) is 11.6 Å². The van der Waals surface area contributed by atoms with Crippen LogP contribution in [-0.4, -0.2) is 6.26 Å². The minimum absolute atomic E-state index is 0.177. The monoisotopic (exact) mass is 297 g/mol. The molecule has 0 saturated heterocycles. The van der Waals surface area contributed by atoms with E-state index >= 15 is 0 Å². The van der Waals surface area contributed by atoms with Crippen LogP contribution in [0.5, 0.6) is 0 Å². The summed E-state index contributed by atoms with van der Waals surface area (Å²) >= 11 is 1.62. The third-order valence-electron chi connectivity index (χ3n) is 2.98. The highest BCUT2D eigenvalue weighted by Crippen LogP contribution is 2.25. The molecular formula is C15H14F3NS. The van der Waals surface area contributed by atoms with E-state index in [0.29, 0.717) is 6.07 Å². The number of rotatable bonds is 4. The van der Waals surface area contributed by atoms with Crippen molar-refractivity contribution in [3.05, 3.63) is 59.4 Å². The molecule has 0 radical (unpaired) electrons. The third kappa shape index (κ3) is 3.28. The molecule has 0 heterocycles. The van der Waals surface area contributed by atoms with Crippen LogP contribution in [0.1, 0.15) is 18.5 Å². The smallest absolute Gasteiger partial charge is 0.182 e. The van der Waals surface area contributed by atoms with E-state index < -0.39 is 17.5 Å². The Balaban J connectivity index is 2.20. The summed E-state index contributed by atoms with van der Waals surface area (Å²) in [5.41, 5.74) is 0.732. The Labute approximate surface area is 120 Å². The Bertz CT molecular complexity index is 599. The average molecular weight is 297 g/mol. The van der Waals surface area contributed by atoms with Crippen molar-refractivity contribution in [3.63, 3.8) is 0 Å². The van der Waals surface area contributed by atoms with Crippen LogP contribution in [0.2, 0.25) is 0 Å². The van der Waals surface area contributed by atoms with Crippen molar-refractivity contribution in [2.24, 2.45) is 0 Å². The van der Waals surface area contributed by atoms with E-state index in [2.05, 4.69) is 5.32 Å². The second-order valence-corrected chi connectivity index (χ2v) is 5.27. The quantitative estimate of drug-likeness (QED) is 0.629. The first kappa shape index (κ1) is 14.8. The Hall–Kier alpha value is -1.62. The zero-order chi connectivity index (χ0) is 14.7. The van der Waals surface area contributed by atoms with Gasteiger partial charge in [-0.15, -0.1) is 11.8 Å². The number of hydrogen-bond donors (Lipinski definition) is 1. The highest BCUT2D eigenvalue weighted by molar-refractivity contribution is 7.98. The SMILES string of the molecule is CSc1ccc(C(C)Nc2cc(F)cc(F)c2F)cc1. The van der Waals surface area contributed by atoms with E-state index in [4.69, 9.17) is 0 Å². The Morgan fingerprint density at radius 1 is 1.05 bits per heavy atom. The van der Waals surface area contributed by atoms with Crippen LogP contribution in [-0.2, 0) is 0 Å². The number of halogens is 3. The molecule has 0 aliphatic heterocycles. The largest absolute Gasteiger partial charge is 0.376 e. The summed E-state index contributed by atoms with van der Waals surface area (Å²) in [6, 6.07) is 8.90. The molecule has 0 aliphatic carbocycles. The summed E-state index contributed by atoms with van der Waals surface area (Å²) in [7, 11) is 0. The fraction of sp³-hybridized carbons (Fsp3) is 0.200. The van der Waals surface area contributed by atoms with Gasteiger partial charge in [0.05, 0.1) is 5.69 Å². The molecule has 0 bridgehead atoms. The lowest BCUT2D eigenvalue weighted by atomic mass is 10.1. The van der Waals surface area contributed by atoms with Crippen LogP contribution in [0.3, 0.4) is 0 Å². The van der Waals surface area contributed by atoms with Crippen molar-refractivity contribution in [3.8, 4) is 0 Å². The normalized spacial score (nSPS) is 12.2. The van der Waals surface area contributed by atoms with E-state index in [1.165, 1.54) is 0 Å². The molecule has 0 spiro atoms. The molecule has 0 aliphatic rings. The zero-order valence-corrected chi connectivity index (χ0v) is 11.9. The summed E-state index contributed by atoms with van der Waals surface area (Å²) in [6.07, 6.45) is 1.97. The second kappa shape index (κ2) is 6.22. The molecule has 0 amide bonds. The molecule has 106 valence electrons. The molecule has 1 nitrogen and oxygen atoms in total. The van der Waals surface area contributed by atoms with Gasteiger partial charge < -0.3 is 5.32 Å². The highest BCUT2D eigenvalue weighted by atomic mass is 32.2. The van der Waals surface area contributed by atoms with Gasteiger partial charge in [0.25, 0.3) is 0 Å². The molecule has 0 fully saturated rings. The molecule has 0 saturated carbocycles. The van der Waals surface area contributed by atoms with Crippen molar-refractivity contribution in [1.29, 1.82) is 0 Å². The highest BCUT2D eigenvalue weighted by Gasteiger charge is 2.14. The number of benzene rings is 2. The van der Waals surface area contributed by atoms with Crippen LogP contribution in [0.25, 0.3) is 0 Å². The van der Waals surface area contributed by atoms with Gasteiger partial charge >= 0.3 is 0 Å². The zero-order valence-electron chi connectivity index (χ0n) is 11.1. The molecule has 20 heavy (non-hydrogen) atoms. The van der Waals surface area contributed by atoms with Crippen LogP contribution in [0, 0.1) is 17.5 Å². The minimum Gasteiger partial charge on any atom is -0.376 e. The fourth-order valence-corrected chi connectivity index (χ4v) is 2.28. The lowest BCUT2D eigenvalue weighted by molar-refractivity contribution is 0.496. The number of nitrogens with one attached hydrogen (secondary N) is 1. The van der Waals surface area contributed by atoms with Crippen molar-refractivity contribution in [2.45, 2.75) is 17.9 Å². The fourth-order valence-electron chi connectivity index (χ4n) is 1.87. The molecule has 2 aromatic carbocycles. The number of hydrogen-bond acceptors (Lipinski definition) is 2. The maximum atomic E-state index is 13.6. The van der Waals surface area contributed by atoms with E-state index in [-0.39, 0.29) is 11.7 Å². The molecule has 2 rings (SSSR count). The van der Waals surface area contributed by atoms with E-state index in [9.17, 15) is 13.2 Å². The van der Waals surface area contributed by atoms with Crippen molar-refractivity contribution < 1.29 is 13.2 Å². The third-order valence-corrected chi connectivity index (χ3v) is 3.72. The van der Waals surface area contributed by atoms with Crippen LogP contribution >= 0.6 is 11.8 Å². The minimum atomic E-state index is -1.20. The molecule has 5 heteroatoms. The first-order chi connectivity index (χ1) is 9.51. The first-order valence-electron chi connectivity index (χ1n) is 6.06. The van der Waals surface area contributed by atoms with Gasteiger partial charge in [0.2, 0.25) is 0 Å². The maximum absolute atomic E-state index is 13.6. The standard InChI is InChI=1S/C15H14F3NS/c1-9(10-3-5-12(20-2)6-4-10)19-14-8-11(16)7-13(17)15(14)18/h3-9,19H,1-2H3. The lowest BCUT2D eigenvalue weighted by Gasteiger charge is -2.17.